The number of rotatable bonds is 3. The molecule has 104 valence electrons. The predicted molar refractivity (Wildman–Crippen MR) is 80.5 cm³/mol. The topological polar surface area (TPSA) is 46.9 Å². The van der Waals surface area contributed by atoms with Crippen LogP contribution in [0.2, 0.25) is 0 Å². The van der Waals surface area contributed by atoms with Gasteiger partial charge in [0, 0.05) is 28.5 Å². The summed E-state index contributed by atoms with van der Waals surface area (Å²) < 4.78 is 3.02. The minimum Gasteiger partial charge on any atom is -0.347 e. The number of carbonyl (C=O) groups excluding carboxylic acids is 1. The van der Waals surface area contributed by atoms with Crippen LogP contribution in [0.3, 0.4) is 0 Å². The predicted octanol–water partition coefficient (Wildman–Crippen LogP) is 3.17. The SMILES string of the molecule is O=C(N[C@H]1CCC[C@@H]1n1ccnc1)c1cccc(Br)c1. The number of nitrogens with zero attached hydrogens (tertiary/aromatic N) is 2. The van der Waals surface area contributed by atoms with Crippen molar-refractivity contribution in [3.8, 4) is 0 Å². The first-order chi connectivity index (χ1) is 9.74. The highest BCUT2D eigenvalue weighted by Crippen LogP contribution is 2.30. The van der Waals surface area contributed by atoms with Crippen LogP contribution >= 0.6 is 15.9 Å². The van der Waals surface area contributed by atoms with Crippen molar-refractivity contribution in [1.29, 1.82) is 0 Å². The lowest BCUT2D eigenvalue weighted by Gasteiger charge is -2.22. The second-order valence-corrected chi connectivity index (χ2v) is 6.01. The maximum atomic E-state index is 12.3. The molecule has 0 saturated heterocycles. The summed E-state index contributed by atoms with van der Waals surface area (Å²) in [4.78, 5) is 16.4. The zero-order chi connectivity index (χ0) is 13.9. The van der Waals surface area contributed by atoms with Crippen molar-refractivity contribution < 1.29 is 4.79 Å². The standard InChI is InChI=1S/C15H16BrN3O/c16-12-4-1-3-11(9-12)15(20)18-13-5-2-6-14(13)19-8-7-17-10-19/h1,3-4,7-10,13-14H,2,5-6H2,(H,18,20)/t13-,14-/m0/s1. The molecule has 1 aliphatic carbocycles. The number of hydrogen-bond acceptors (Lipinski definition) is 2. The minimum absolute atomic E-state index is 0.0108. The van der Waals surface area contributed by atoms with Gasteiger partial charge in [0.2, 0.25) is 0 Å². The lowest BCUT2D eigenvalue weighted by Crippen LogP contribution is -2.38. The number of benzene rings is 1. The van der Waals surface area contributed by atoms with E-state index in [4.69, 9.17) is 0 Å². The molecular formula is C15H16BrN3O. The van der Waals surface area contributed by atoms with E-state index in [2.05, 4.69) is 30.8 Å². The van der Waals surface area contributed by atoms with Crippen LogP contribution in [-0.4, -0.2) is 21.5 Å². The van der Waals surface area contributed by atoms with Crippen LogP contribution in [0.1, 0.15) is 35.7 Å². The molecule has 1 amide bonds. The number of imidazole rings is 1. The summed E-state index contributed by atoms with van der Waals surface area (Å²) >= 11 is 3.39. The average Bonchev–Trinajstić information content (AvgIpc) is 3.08. The van der Waals surface area contributed by atoms with E-state index in [1.54, 1.807) is 6.20 Å². The van der Waals surface area contributed by atoms with E-state index in [-0.39, 0.29) is 11.9 Å². The maximum absolute atomic E-state index is 12.3. The highest BCUT2D eigenvalue weighted by molar-refractivity contribution is 9.10. The number of aromatic nitrogens is 2. The molecule has 3 rings (SSSR count). The highest BCUT2D eigenvalue weighted by atomic mass is 79.9. The third-order valence-corrected chi connectivity index (χ3v) is 4.28. The van der Waals surface area contributed by atoms with E-state index < -0.39 is 0 Å². The first-order valence-electron chi connectivity index (χ1n) is 6.78. The molecule has 4 nitrogen and oxygen atoms in total. The highest BCUT2D eigenvalue weighted by Gasteiger charge is 2.29. The minimum atomic E-state index is -0.0108. The molecule has 0 spiro atoms. The summed E-state index contributed by atoms with van der Waals surface area (Å²) in [5.74, 6) is -0.0108. The van der Waals surface area contributed by atoms with E-state index in [1.165, 1.54) is 0 Å². The molecule has 1 aromatic heterocycles. The van der Waals surface area contributed by atoms with Gasteiger partial charge in [0.05, 0.1) is 12.4 Å². The first-order valence-corrected chi connectivity index (χ1v) is 7.57. The van der Waals surface area contributed by atoms with Gasteiger partial charge in [-0.05, 0) is 37.5 Å². The van der Waals surface area contributed by atoms with Crippen LogP contribution in [0.15, 0.2) is 47.5 Å². The lowest BCUT2D eigenvalue weighted by molar-refractivity contribution is 0.0929. The summed E-state index contributed by atoms with van der Waals surface area (Å²) in [6, 6.07) is 7.96. The van der Waals surface area contributed by atoms with Gasteiger partial charge in [-0.25, -0.2) is 4.98 Å². The van der Waals surface area contributed by atoms with Gasteiger partial charge in [0.25, 0.3) is 5.91 Å². The van der Waals surface area contributed by atoms with Gasteiger partial charge in [0.1, 0.15) is 0 Å². The Bertz CT molecular complexity index is 597. The average molecular weight is 334 g/mol. The van der Waals surface area contributed by atoms with Crippen LogP contribution in [0.5, 0.6) is 0 Å². The molecule has 5 heteroatoms. The number of halogens is 1. The van der Waals surface area contributed by atoms with E-state index in [0.29, 0.717) is 11.6 Å². The first kappa shape index (κ1) is 13.4. The van der Waals surface area contributed by atoms with Gasteiger partial charge in [-0.2, -0.15) is 0 Å². The maximum Gasteiger partial charge on any atom is 0.251 e. The fourth-order valence-corrected chi connectivity index (χ4v) is 3.21. The monoisotopic (exact) mass is 333 g/mol. The second-order valence-electron chi connectivity index (χ2n) is 5.10. The molecule has 20 heavy (non-hydrogen) atoms. The number of hydrogen-bond donors (Lipinski definition) is 1. The molecule has 2 aromatic rings. The molecule has 2 atom stereocenters. The zero-order valence-electron chi connectivity index (χ0n) is 11.0. The van der Waals surface area contributed by atoms with E-state index in [9.17, 15) is 4.79 Å². The Hall–Kier alpha value is -1.62. The van der Waals surface area contributed by atoms with Crippen LogP contribution in [0.25, 0.3) is 0 Å². The lowest BCUT2D eigenvalue weighted by atomic mass is 10.1. The van der Waals surface area contributed by atoms with Crippen LogP contribution < -0.4 is 5.32 Å². The fraction of sp³-hybridized carbons (Fsp3) is 0.333. The molecule has 1 N–H and O–H groups in total. The van der Waals surface area contributed by atoms with Crippen molar-refractivity contribution in [1.82, 2.24) is 14.9 Å². The Morgan fingerprint density at radius 3 is 3.05 bits per heavy atom. The van der Waals surface area contributed by atoms with Gasteiger partial charge in [-0.3, -0.25) is 4.79 Å². The number of carbonyl (C=O) groups is 1. The summed E-state index contributed by atoms with van der Waals surface area (Å²) in [6.45, 7) is 0. The number of amides is 1. The van der Waals surface area contributed by atoms with Crippen molar-refractivity contribution in [2.45, 2.75) is 31.3 Å². The van der Waals surface area contributed by atoms with E-state index in [0.717, 1.165) is 23.7 Å². The smallest absolute Gasteiger partial charge is 0.251 e. The van der Waals surface area contributed by atoms with Gasteiger partial charge in [-0.15, -0.1) is 0 Å². The summed E-state index contributed by atoms with van der Waals surface area (Å²) in [7, 11) is 0. The van der Waals surface area contributed by atoms with Crippen molar-refractivity contribution in [2.75, 3.05) is 0 Å². The molecular weight excluding hydrogens is 318 g/mol. The summed E-state index contributed by atoms with van der Waals surface area (Å²) in [5, 5.41) is 3.15. The van der Waals surface area contributed by atoms with Gasteiger partial charge >= 0.3 is 0 Å². The largest absolute Gasteiger partial charge is 0.347 e. The Labute approximate surface area is 126 Å². The Morgan fingerprint density at radius 2 is 2.30 bits per heavy atom. The van der Waals surface area contributed by atoms with E-state index in [1.807, 2.05) is 36.8 Å². The van der Waals surface area contributed by atoms with Gasteiger partial charge < -0.3 is 9.88 Å². The normalized spacial score (nSPS) is 21.9. The molecule has 1 fully saturated rings. The molecule has 1 aromatic carbocycles. The Balaban J connectivity index is 1.72. The molecule has 1 saturated carbocycles. The third kappa shape index (κ3) is 2.77. The van der Waals surface area contributed by atoms with Crippen molar-refractivity contribution in [3.63, 3.8) is 0 Å². The van der Waals surface area contributed by atoms with Crippen LogP contribution in [-0.2, 0) is 0 Å². The van der Waals surface area contributed by atoms with Crippen LogP contribution in [0, 0.1) is 0 Å². The summed E-state index contributed by atoms with van der Waals surface area (Å²) in [6.07, 6.45) is 8.81. The van der Waals surface area contributed by atoms with Crippen molar-refractivity contribution >= 4 is 21.8 Å². The zero-order valence-corrected chi connectivity index (χ0v) is 12.6. The van der Waals surface area contributed by atoms with Gasteiger partial charge in [-0.1, -0.05) is 22.0 Å². The number of nitrogens with one attached hydrogen (secondary N) is 1. The molecule has 1 heterocycles. The summed E-state index contributed by atoms with van der Waals surface area (Å²) in [5.41, 5.74) is 0.690. The fourth-order valence-electron chi connectivity index (χ4n) is 2.81. The van der Waals surface area contributed by atoms with Crippen molar-refractivity contribution in [2.24, 2.45) is 0 Å². The van der Waals surface area contributed by atoms with E-state index >= 15 is 0 Å². The molecule has 0 aliphatic heterocycles. The third-order valence-electron chi connectivity index (χ3n) is 3.79. The van der Waals surface area contributed by atoms with Crippen molar-refractivity contribution in [3.05, 3.63) is 53.0 Å². The quantitative estimate of drug-likeness (QED) is 0.937. The van der Waals surface area contributed by atoms with Crippen LogP contribution in [0.4, 0.5) is 0 Å². The molecule has 0 radical (unpaired) electrons. The Kier molecular flexibility index (Phi) is 3.87. The second kappa shape index (κ2) is 5.79. The van der Waals surface area contributed by atoms with Gasteiger partial charge in [0.15, 0.2) is 0 Å². The molecule has 0 unspecified atom stereocenters. The molecule has 0 bridgehead atoms. The Morgan fingerprint density at radius 1 is 1.40 bits per heavy atom. The molecule has 1 aliphatic rings.